The zero-order valence-corrected chi connectivity index (χ0v) is 29.6. The molecule has 4 aromatic carbocycles. The maximum absolute atomic E-state index is 15.1. The highest BCUT2D eigenvalue weighted by molar-refractivity contribution is 5.93. The molecule has 1 aliphatic heterocycles. The number of carbonyl (C=O) groups excluding carboxylic acids is 2. The lowest BCUT2D eigenvalue weighted by molar-refractivity contribution is -0.151. The minimum absolute atomic E-state index is 0.0101. The minimum atomic E-state index is -1.33. The van der Waals surface area contributed by atoms with Crippen molar-refractivity contribution in [2.24, 2.45) is 5.92 Å². The average Bonchev–Trinajstić information content (AvgIpc) is 3.61. The number of carboxylic acid groups (broad SMARTS) is 1. The van der Waals surface area contributed by atoms with Crippen molar-refractivity contribution in [1.29, 1.82) is 0 Å². The number of hydrogen-bond donors (Lipinski definition) is 2. The Bertz CT molecular complexity index is 1820. The molecule has 2 aliphatic rings. The first-order chi connectivity index (χ1) is 23.9. The Hall–Kier alpha value is -4.91. The van der Waals surface area contributed by atoms with Crippen LogP contribution in [0.1, 0.15) is 94.5 Å². The van der Waals surface area contributed by atoms with Crippen molar-refractivity contribution in [2.45, 2.75) is 89.6 Å². The zero-order valence-electron chi connectivity index (χ0n) is 29.6. The van der Waals surface area contributed by atoms with E-state index in [9.17, 15) is 14.7 Å². The molecule has 0 bridgehead atoms. The number of hydrogen-bond acceptors (Lipinski definition) is 4. The standard InChI is InChI=1S/C43H48N2O5/c1-29(46)45-25-24-33-18-21-37(50-36-22-19-35(20-23-36)42(2,3)4)26-38(33)43(45,28-30-10-8-9-11-30)41(49)44-39(27-40(47)48)34-16-14-32(15-17-34)31-12-6-5-7-13-31/h5-7,12-23,26,30,39H,8-11,24-25,27-28H2,1-4H3,(H,44,49)(H,47,48). The van der Waals surface area contributed by atoms with Gasteiger partial charge in [-0.25, -0.2) is 0 Å². The van der Waals surface area contributed by atoms with Gasteiger partial charge in [-0.1, -0.05) is 119 Å². The highest BCUT2D eigenvalue weighted by Gasteiger charge is 2.52. The third-order valence-corrected chi connectivity index (χ3v) is 10.5. The fourth-order valence-corrected chi connectivity index (χ4v) is 7.81. The van der Waals surface area contributed by atoms with Gasteiger partial charge in [0, 0.05) is 13.5 Å². The van der Waals surface area contributed by atoms with Crippen LogP contribution in [0.2, 0.25) is 0 Å². The van der Waals surface area contributed by atoms with Crippen LogP contribution in [-0.2, 0) is 31.8 Å². The van der Waals surface area contributed by atoms with Gasteiger partial charge in [-0.05, 0) is 81.8 Å². The first kappa shape index (κ1) is 34.9. The lowest BCUT2D eigenvalue weighted by Gasteiger charge is -2.48. The summed E-state index contributed by atoms with van der Waals surface area (Å²) in [5, 5.41) is 13.2. The molecule has 50 heavy (non-hydrogen) atoms. The first-order valence-electron chi connectivity index (χ1n) is 17.8. The number of carboxylic acids is 1. The predicted molar refractivity (Wildman–Crippen MR) is 196 cm³/mol. The molecule has 1 fully saturated rings. The summed E-state index contributed by atoms with van der Waals surface area (Å²) in [6, 6.07) is 30.8. The van der Waals surface area contributed by atoms with Crippen LogP contribution in [0.3, 0.4) is 0 Å². The summed E-state index contributed by atoms with van der Waals surface area (Å²) in [7, 11) is 0. The van der Waals surface area contributed by atoms with E-state index < -0.39 is 17.6 Å². The average molecular weight is 673 g/mol. The quantitative estimate of drug-likeness (QED) is 0.175. The van der Waals surface area contributed by atoms with Gasteiger partial charge in [-0.3, -0.25) is 14.4 Å². The number of carbonyl (C=O) groups is 3. The Labute approximate surface area is 295 Å². The fraction of sp³-hybridized carbons (Fsp3) is 0.372. The van der Waals surface area contributed by atoms with Crippen molar-refractivity contribution in [3.63, 3.8) is 0 Å². The molecule has 0 aromatic heterocycles. The van der Waals surface area contributed by atoms with E-state index in [1.807, 2.05) is 84.9 Å². The number of nitrogens with zero attached hydrogens (tertiary/aromatic N) is 1. The number of aliphatic carboxylic acids is 1. The van der Waals surface area contributed by atoms with Gasteiger partial charge in [0.1, 0.15) is 17.0 Å². The number of fused-ring (bicyclic) bond motifs is 1. The Morgan fingerprint density at radius 2 is 1.52 bits per heavy atom. The second-order valence-electron chi connectivity index (χ2n) is 14.9. The Kier molecular flexibility index (Phi) is 10.1. The van der Waals surface area contributed by atoms with E-state index >= 15 is 4.79 Å². The third kappa shape index (κ3) is 7.47. The second kappa shape index (κ2) is 14.5. The van der Waals surface area contributed by atoms with Gasteiger partial charge < -0.3 is 20.1 Å². The number of rotatable bonds is 10. The van der Waals surface area contributed by atoms with Gasteiger partial charge in [0.2, 0.25) is 5.91 Å². The van der Waals surface area contributed by atoms with E-state index in [0.29, 0.717) is 36.4 Å². The van der Waals surface area contributed by atoms with Crippen LogP contribution in [0.15, 0.2) is 97.1 Å². The van der Waals surface area contributed by atoms with E-state index in [4.69, 9.17) is 4.74 Å². The van der Waals surface area contributed by atoms with Gasteiger partial charge >= 0.3 is 5.97 Å². The molecule has 1 heterocycles. The molecule has 4 aromatic rings. The van der Waals surface area contributed by atoms with Crippen LogP contribution in [0.4, 0.5) is 0 Å². The largest absolute Gasteiger partial charge is 0.481 e. The van der Waals surface area contributed by atoms with E-state index in [1.165, 1.54) is 12.5 Å². The smallest absolute Gasteiger partial charge is 0.305 e. The SMILES string of the molecule is CC(=O)N1CCc2ccc(Oc3ccc(C(C)(C)C)cc3)cc2C1(CC1CCCC1)C(=O)NC(CC(=O)O)c1ccc(-c2ccccc2)cc1. The molecule has 7 nitrogen and oxygen atoms in total. The molecule has 260 valence electrons. The van der Waals surface area contributed by atoms with Crippen molar-refractivity contribution in [3.05, 3.63) is 119 Å². The number of ether oxygens (including phenoxy) is 1. The molecule has 6 rings (SSSR count). The lowest BCUT2D eigenvalue weighted by atomic mass is 9.73. The van der Waals surface area contributed by atoms with Crippen molar-refractivity contribution in [3.8, 4) is 22.6 Å². The molecular weight excluding hydrogens is 624 g/mol. The van der Waals surface area contributed by atoms with Gasteiger partial charge in [0.05, 0.1) is 12.5 Å². The molecule has 1 saturated carbocycles. The van der Waals surface area contributed by atoms with Crippen LogP contribution in [0.25, 0.3) is 11.1 Å². The van der Waals surface area contributed by atoms with Crippen molar-refractivity contribution in [2.75, 3.05) is 6.54 Å². The Morgan fingerprint density at radius 3 is 2.14 bits per heavy atom. The molecule has 2 atom stereocenters. The molecule has 2 N–H and O–H groups in total. The molecule has 2 unspecified atom stereocenters. The normalized spacial score (nSPS) is 18.3. The van der Waals surface area contributed by atoms with Crippen molar-refractivity contribution < 1.29 is 24.2 Å². The Morgan fingerprint density at radius 1 is 0.880 bits per heavy atom. The monoisotopic (exact) mass is 672 g/mol. The maximum Gasteiger partial charge on any atom is 0.305 e. The summed E-state index contributed by atoms with van der Waals surface area (Å²) in [5.41, 5.74) is 4.36. The third-order valence-electron chi connectivity index (χ3n) is 10.5. The van der Waals surface area contributed by atoms with Gasteiger partial charge in [0.15, 0.2) is 0 Å². The van der Waals surface area contributed by atoms with Gasteiger partial charge in [-0.15, -0.1) is 0 Å². The molecule has 0 spiro atoms. The van der Waals surface area contributed by atoms with E-state index in [2.05, 4.69) is 38.2 Å². The van der Waals surface area contributed by atoms with Gasteiger partial charge in [0.25, 0.3) is 5.91 Å². The number of benzene rings is 4. The summed E-state index contributed by atoms with van der Waals surface area (Å²) in [6.45, 7) is 8.43. The van der Waals surface area contributed by atoms with E-state index in [1.54, 1.807) is 4.90 Å². The van der Waals surface area contributed by atoms with E-state index in [0.717, 1.165) is 47.9 Å². The molecule has 1 aliphatic carbocycles. The van der Waals surface area contributed by atoms with Crippen LogP contribution in [-0.4, -0.2) is 34.3 Å². The summed E-state index contributed by atoms with van der Waals surface area (Å²) in [4.78, 5) is 42.6. The maximum atomic E-state index is 15.1. The van der Waals surface area contributed by atoms with Crippen molar-refractivity contribution >= 4 is 17.8 Å². The molecule has 7 heteroatoms. The van der Waals surface area contributed by atoms with Crippen LogP contribution >= 0.6 is 0 Å². The fourth-order valence-electron chi connectivity index (χ4n) is 7.81. The van der Waals surface area contributed by atoms with Gasteiger partial charge in [-0.2, -0.15) is 0 Å². The number of amides is 2. The predicted octanol–water partition coefficient (Wildman–Crippen LogP) is 8.96. The van der Waals surface area contributed by atoms with Crippen molar-refractivity contribution in [1.82, 2.24) is 10.2 Å². The first-order valence-corrected chi connectivity index (χ1v) is 17.8. The minimum Gasteiger partial charge on any atom is -0.481 e. The summed E-state index contributed by atoms with van der Waals surface area (Å²) in [6.07, 6.45) is 4.89. The summed E-state index contributed by atoms with van der Waals surface area (Å²) >= 11 is 0. The van der Waals surface area contributed by atoms with Crippen LogP contribution in [0.5, 0.6) is 11.5 Å². The van der Waals surface area contributed by atoms with Crippen LogP contribution in [0, 0.1) is 5.92 Å². The Balaban J connectivity index is 1.39. The van der Waals surface area contributed by atoms with Crippen LogP contribution < -0.4 is 10.1 Å². The summed E-state index contributed by atoms with van der Waals surface area (Å²) in [5.74, 6) is -0.0529. The highest BCUT2D eigenvalue weighted by atomic mass is 16.5. The number of nitrogens with one attached hydrogen (secondary N) is 1. The molecular formula is C43H48N2O5. The topological polar surface area (TPSA) is 95.9 Å². The highest BCUT2D eigenvalue weighted by Crippen LogP contribution is 2.46. The lowest BCUT2D eigenvalue weighted by Crippen LogP contribution is -2.61. The molecule has 2 amide bonds. The molecule has 0 saturated heterocycles. The molecule has 0 radical (unpaired) electrons. The van der Waals surface area contributed by atoms with E-state index in [-0.39, 0.29) is 29.6 Å². The zero-order chi connectivity index (χ0) is 35.5. The summed E-state index contributed by atoms with van der Waals surface area (Å²) < 4.78 is 6.39. The second-order valence-corrected chi connectivity index (χ2v) is 14.9.